The van der Waals surface area contributed by atoms with Gasteiger partial charge >= 0.3 is 0 Å². The van der Waals surface area contributed by atoms with Crippen molar-refractivity contribution >= 4 is 50.2 Å². The number of halogens is 1. The number of para-hydroxylation sites is 1. The molecule has 2 N–H and O–H groups in total. The Morgan fingerprint density at radius 3 is 2.76 bits per heavy atom. The smallest absolute Gasteiger partial charge is 0.229 e. The Bertz CT molecular complexity index is 951. The van der Waals surface area contributed by atoms with Gasteiger partial charge in [-0.1, -0.05) is 28.1 Å². The topological polar surface area (TPSA) is 78.1 Å². The molecule has 2 amide bonds. The number of fused-ring (bicyclic) bond motifs is 1. The van der Waals surface area contributed by atoms with Crippen LogP contribution in [0.25, 0.3) is 10.9 Å². The van der Waals surface area contributed by atoms with E-state index in [0.29, 0.717) is 18.1 Å². The van der Waals surface area contributed by atoms with E-state index >= 15 is 0 Å². The SMILES string of the molecule is O=C(Nc1ccc(Br)cc1)[C@@H]1CC(=O)N(c2n[nH]c3ccccc23)C1. The van der Waals surface area contributed by atoms with Crippen LogP contribution in [0.5, 0.6) is 0 Å². The van der Waals surface area contributed by atoms with Gasteiger partial charge in [0.15, 0.2) is 5.82 Å². The van der Waals surface area contributed by atoms with Crippen LogP contribution in [-0.4, -0.2) is 28.6 Å². The molecule has 2 heterocycles. The zero-order valence-corrected chi connectivity index (χ0v) is 14.8. The van der Waals surface area contributed by atoms with Gasteiger partial charge in [0.1, 0.15) is 0 Å². The molecule has 0 bridgehead atoms. The van der Waals surface area contributed by atoms with Gasteiger partial charge in [0, 0.05) is 28.5 Å². The Balaban J connectivity index is 1.52. The van der Waals surface area contributed by atoms with E-state index in [2.05, 4.69) is 31.4 Å². The molecular weight excluding hydrogens is 384 g/mol. The first kappa shape index (κ1) is 15.8. The predicted octanol–water partition coefficient (Wildman–Crippen LogP) is 3.32. The van der Waals surface area contributed by atoms with Gasteiger partial charge in [-0.05, 0) is 36.4 Å². The zero-order valence-electron chi connectivity index (χ0n) is 13.2. The summed E-state index contributed by atoms with van der Waals surface area (Å²) in [5.41, 5.74) is 1.58. The lowest BCUT2D eigenvalue weighted by Crippen LogP contribution is -2.28. The molecule has 0 saturated carbocycles. The van der Waals surface area contributed by atoms with Crippen LogP contribution in [0.4, 0.5) is 11.5 Å². The lowest BCUT2D eigenvalue weighted by Gasteiger charge is -2.14. The second-order valence-electron chi connectivity index (χ2n) is 5.99. The minimum Gasteiger partial charge on any atom is -0.326 e. The predicted molar refractivity (Wildman–Crippen MR) is 99.3 cm³/mol. The van der Waals surface area contributed by atoms with Crippen molar-refractivity contribution in [3.05, 3.63) is 53.0 Å². The fourth-order valence-corrected chi connectivity index (χ4v) is 3.28. The van der Waals surface area contributed by atoms with Gasteiger partial charge in [-0.25, -0.2) is 0 Å². The number of H-pyrrole nitrogens is 1. The maximum atomic E-state index is 12.5. The van der Waals surface area contributed by atoms with Crippen LogP contribution < -0.4 is 10.2 Å². The number of aromatic nitrogens is 2. The second kappa shape index (κ2) is 6.33. The Morgan fingerprint density at radius 2 is 1.96 bits per heavy atom. The van der Waals surface area contributed by atoms with E-state index in [0.717, 1.165) is 15.4 Å². The summed E-state index contributed by atoms with van der Waals surface area (Å²) < 4.78 is 0.943. The molecule has 25 heavy (non-hydrogen) atoms. The molecule has 0 unspecified atom stereocenters. The van der Waals surface area contributed by atoms with E-state index in [1.54, 1.807) is 4.90 Å². The normalized spacial score (nSPS) is 17.2. The second-order valence-corrected chi connectivity index (χ2v) is 6.91. The number of anilines is 2. The van der Waals surface area contributed by atoms with E-state index < -0.39 is 5.92 Å². The molecule has 7 heteroatoms. The summed E-state index contributed by atoms with van der Waals surface area (Å²) in [6.45, 7) is 0.329. The molecule has 1 fully saturated rings. The highest BCUT2D eigenvalue weighted by Crippen LogP contribution is 2.30. The summed E-state index contributed by atoms with van der Waals surface area (Å²) in [5, 5.41) is 10.9. The maximum absolute atomic E-state index is 12.5. The molecule has 1 atom stereocenters. The van der Waals surface area contributed by atoms with E-state index in [4.69, 9.17) is 0 Å². The van der Waals surface area contributed by atoms with Crippen LogP contribution in [0.3, 0.4) is 0 Å². The molecule has 3 aromatic rings. The molecule has 4 rings (SSSR count). The fraction of sp³-hybridized carbons (Fsp3) is 0.167. The number of hydrogen-bond donors (Lipinski definition) is 2. The van der Waals surface area contributed by atoms with Gasteiger partial charge in [0.2, 0.25) is 11.8 Å². The largest absolute Gasteiger partial charge is 0.326 e. The molecule has 1 aromatic heterocycles. The molecule has 1 saturated heterocycles. The van der Waals surface area contributed by atoms with E-state index in [-0.39, 0.29) is 18.2 Å². The van der Waals surface area contributed by atoms with Crippen LogP contribution in [0.2, 0.25) is 0 Å². The van der Waals surface area contributed by atoms with Gasteiger partial charge in [0.25, 0.3) is 0 Å². The van der Waals surface area contributed by atoms with E-state index in [1.807, 2.05) is 48.5 Å². The monoisotopic (exact) mass is 398 g/mol. The number of amides is 2. The maximum Gasteiger partial charge on any atom is 0.229 e. The number of benzene rings is 2. The molecule has 1 aliphatic rings. The summed E-state index contributed by atoms with van der Waals surface area (Å²) in [4.78, 5) is 26.5. The lowest BCUT2D eigenvalue weighted by molar-refractivity contribution is -0.122. The Hall–Kier alpha value is -2.67. The van der Waals surface area contributed by atoms with Gasteiger partial charge in [0.05, 0.1) is 11.4 Å². The van der Waals surface area contributed by atoms with Crippen molar-refractivity contribution in [1.29, 1.82) is 0 Å². The highest BCUT2D eigenvalue weighted by molar-refractivity contribution is 9.10. The Morgan fingerprint density at radius 1 is 1.20 bits per heavy atom. The minimum atomic E-state index is -0.397. The van der Waals surface area contributed by atoms with Gasteiger partial charge in [-0.15, -0.1) is 0 Å². The third-order valence-electron chi connectivity index (χ3n) is 4.31. The molecule has 6 nitrogen and oxygen atoms in total. The third-order valence-corrected chi connectivity index (χ3v) is 4.84. The summed E-state index contributed by atoms with van der Waals surface area (Å²) in [6.07, 6.45) is 0.184. The highest BCUT2D eigenvalue weighted by Gasteiger charge is 2.36. The first-order chi connectivity index (χ1) is 12.1. The number of carbonyl (C=O) groups excluding carboxylic acids is 2. The first-order valence-electron chi connectivity index (χ1n) is 7.92. The third kappa shape index (κ3) is 3.02. The fourth-order valence-electron chi connectivity index (χ4n) is 3.02. The summed E-state index contributed by atoms with van der Waals surface area (Å²) in [5.74, 6) is -0.0580. The number of aromatic amines is 1. The highest BCUT2D eigenvalue weighted by atomic mass is 79.9. The van der Waals surface area contributed by atoms with Crippen LogP contribution in [-0.2, 0) is 9.59 Å². The number of nitrogens with zero attached hydrogens (tertiary/aromatic N) is 2. The molecule has 1 aliphatic heterocycles. The zero-order chi connectivity index (χ0) is 17.4. The molecule has 0 radical (unpaired) electrons. The van der Waals surface area contributed by atoms with Crippen LogP contribution in [0, 0.1) is 5.92 Å². The van der Waals surface area contributed by atoms with Crippen molar-refractivity contribution in [2.24, 2.45) is 5.92 Å². The van der Waals surface area contributed by atoms with Crippen molar-refractivity contribution in [2.45, 2.75) is 6.42 Å². The molecule has 126 valence electrons. The van der Waals surface area contributed by atoms with Crippen molar-refractivity contribution in [2.75, 3.05) is 16.8 Å². The van der Waals surface area contributed by atoms with E-state index in [9.17, 15) is 9.59 Å². The van der Waals surface area contributed by atoms with Gasteiger partial charge in [-0.2, -0.15) is 5.10 Å². The average Bonchev–Trinajstić information content (AvgIpc) is 3.20. The molecule has 0 aliphatic carbocycles. The minimum absolute atomic E-state index is 0.0896. The quantitative estimate of drug-likeness (QED) is 0.710. The summed E-state index contributed by atoms with van der Waals surface area (Å²) in [6, 6.07) is 15.0. The molecule has 0 spiro atoms. The van der Waals surface area contributed by atoms with Crippen molar-refractivity contribution in [3.8, 4) is 0 Å². The number of hydrogen-bond acceptors (Lipinski definition) is 3. The van der Waals surface area contributed by atoms with Gasteiger partial charge < -0.3 is 5.32 Å². The first-order valence-corrected chi connectivity index (χ1v) is 8.71. The number of carbonyl (C=O) groups is 2. The van der Waals surface area contributed by atoms with Crippen molar-refractivity contribution < 1.29 is 9.59 Å². The summed E-state index contributed by atoms with van der Waals surface area (Å²) in [7, 11) is 0. The molecular formula is C18H15BrN4O2. The van der Waals surface area contributed by atoms with Gasteiger partial charge in [-0.3, -0.25) is 19.6 Å². The number of rotatable bonds is 3. The van der Waals surface area contributed by atoms with Crippen molar-refractivity contribution in [3.63, 3.8) is 0 Å². The average molecular weight is 399 g/mol. The Kier molecular flexibility index (Phi) is 4.01. The standard InChI is InChI=1S/C18H15BrN4O2/c19-12-5-7-13(8-6-12)20-18(25)11-9-16(24)23(10-11)17-14-3-1-2-4-15(14)21-22-17/h1-8,11H,9-10H2,(H,20,25)(H,21,22)/t11-/m1/s1. The van der Waals surface area contributed by atoms with Crippen LogP contribution in [0.15, 0.2) is 53.0 Å². The lowest BCUT2D eigenvalue weighted by atomic mass is 10.1. The Labute approximate surface area is 152 Å². The van der Waals surface area contributed by atoms with Crippen LogP contribution in [0.1, 0.15) is 6.42 Å². The number of nitrogens with one attached hydrogen (secondary N) is 2. The van der Waals surface area contributed by atoms with Crippen molar-refractivity contribution in [1.82, 2.24) is 10.2 Å². The molecule has 2 aromatic carbocycles. The van der Waals surface area contributed by atoms with E-state index in [1.165, 1.54) is 0 Å². The summed E-state index contributed by atoms with van der Waals surface area (Å²) >= 11 is 3.36. The van der Waals surface area contributed by atoms with Crippen LogP contribution >= 0.6 is 15.9 Å².